The maximum atomic E-state index is 13.3. The molecular weight excluding hydrogens is 366 g/mol. The van der Waals surface area contributed by atoms with Crippen molar-refractivity contribution >= 4 is 17.6 Å². The summed E-state index contributed by atoms with van der Waals surface area (Å²) >= 11 is 0. The Bertz CT molecular complexity index is 886. The molecule has 0 saturated carbocycles. The summed E-state index contributed by atoms with van der Waals surface area (Å²) in [5, 5.41) is 4.51. The quantitative estimate of drug-likeness (QED) is 0.861. The van der Waals surface area contributed by atoms with Crippen molar-refractivity contribution in [3.8, 4) is 0 Å². The van der Waals surface area contributed by atoms with Crippen molar-refractivity contribution in [1.82, 2.24) is 19.6 Å². The Morgan fingerprint density at radius 2 is 1.76 bits per heavy atom. The number of benzene rings is 1. The fraction of sp³-hybridized carbons (Fsp3) is 0.500. The largest absolute Gasteiger partial charge is 0.383 e. The van der Waals surface area contributed by atoms with Crippen molar-refractivity contribution in [3.05, 3.63) is 47.2 Å². The lowest BCUT2D eigenvalue weighted by atomic mass is 9.96. The van der Waals surface area contributed by atoms with Crippen molar-refractivity contribution in [2.75, 3.05) is 31.9 Å². The molecule has 1 aromatic carbocycles. The Balaban J connectivity index is 1.49. The Morgan fingerprint density at radius 1 is 1.07 bits per heavy atom. The van der Waals surface area contributed by atoms with E-state index in [1.165, 1.54) is 0 Å². The van der Waals surface area contributed by atoms with Crippen LogP contribution in [0.15, 0.2) is 30.3 Å². The minimum absolute atomic E-state index is 0.105. The molecule has 1 atom stereocenters. The smallest absolute Gasteiger partial charge is 0.259 e. The summed E-state index contributed by atoms with van der Waals surface area (Å²) in [5.41, 5.74) is 8.51. The van der Waals surface area contributed by atoms with Crippen LogP contribution in [0.25, 0.3) is 0 Å². The van der Waals surface area contributed by atoms with Gasteiger partial charge < -0.3 is 15.5 Å². The van der Waals surface area contributed by atoms with Gasteiger partial charge in [-0.3, -0.25) is 9.59 Å². The number of likely N-dealkylation sites (tertiary alicyclic amines) is 2. The number of piperidine rings is 1. The molecule has 4 rings (SSSR count). The van der Waals surface area contributed by atoms with Gasteiger partial charge >= 0.3 is 0 Å². The van der Waals surface area contributed by atoms with E-state index in [0.29, 0.717) is 36.7 Å². The first-order valence-corrected chi connectivity index (χ1v) is 10.5. The van der Waals surface area contributed by atoms with Crippen molar-refractivity contribution < 1.29 is 9.59 Å². The van der Waals surface area contributed by atoms with Crippen LogP contribution in [-0.4, -0.2) is 57.6 Å². The molecule has 0 radical (unpaired) electrons. The predicted octanol–water partition coefficient (Wildman–Crippen LogP) is 2.30. The first-order valence-electron chi connectivity index (χ1n) is 10.5. The highest BCUT2D eigenvalue weighted by atomic mass is 16.2. The number of anilines is 1. The third kappa shape index (κ3) is 3.99. The molecule has 7 heteroatoms. The van der Waals surface area contributed by atoms with E-state index in [2.05, 4.69) is 5.10 Å². The zero-order valence-electron chi connectivity index (χ0n) is 17.0. The number of nitrogen functional groups attached to an aromatic ring is 1. The molecule has 154 valence electrons. The van der Waals surface area contributed by atoms with Crippen LogP contribution in [0.2, 0.25) is 0 Å². The molecule has 2 amide bonds. The molecule has 7 nitrogen and oxygen atoms in total. The zero-order chi connectivity index (χ0) is 20.4. The van der Waals surface area contributed by atoms with Crippen molar-refractivity contribution in [3.63, 3.8) is 0 Å². The van der Waals surface area contributed by atoms with Gasteiger partial charge in [-0.05, 0) is 38.2 Å². The number of amides is 2. The van der Waals surface area contributed by atoms with Gasteiger partial charge in [-0.15, -0.1) is 0 Å². The molecule has 2 aliphatic rings. The van der Waals surface area contributed by atoms with E-state index in [4.69, 9.17) is 5.73 Å². The first-order chi connectivity index (χ1) is 14.0. The lowest BCUT2D eigenvalue weighted by Crippen LogP contribution is -2.46. The van der Waals surface area contributed by atoms with Crippen LogP contribution in [0.5, 0.6) is 0 Å². The van der Waals surface area contributed by atoms with Gasteiger partial charge in [-0.25, -0.2) is 4.68 Å². The molecule has 0 spiro atoms. The molecular formula is C22H29N5O2. The van der Waals surface area contributed by atoms with Gasteiger partial charge in [0.05, 0.1) is 18.2 Å². The third-order valence-corrected chi connectivity index (χ3v) is 6.03. The molecule has 2 N–H and O–H groups in total. The van der Waals surface area contributed by atoms with E-state index in [0.717, 1.165) is 44.3 Å². The van der Waals surface area contributed by atoms with Crippen LogP contribution < -0.4 is 5.73 Å². The number of aromatic nitrogens is 2. The van der Waals surface area contributed by atoms with Crippen molar-refractivity contribution in [2.24, 2.45) is 5.92 Å². The summed E-state index contributed by atoms with van der Waals surface area (Å²) in [6, 6.07) is 9.93. The fourth-order valence-electron chi connectivity index (χ4n) is 4.46. The molecule has 2 saturated heterocycles. The first kappa shape index (κ1) is 19.5. The van der Waals surface area contributed by atoms with Crippen LogP contribution in [0, 0.1) is 12.8 Å². The molecule has 2 aliphatic heterocycles. The van der Waals surface area contributed by atoms with Crippen LogP contribution in [0.3, 0.4) is 0 Å². The average Bonchev–Trinajstić information content (AvgIpc) is 3.37. The van der Waals surface area contributed by atoms with Gasteiger partial charge in [0.2, 0.25) is 5.91 Å². The summed E-state index contributed by atoms with van der Waals surface area (Å²) in [7, 11) is 0. The lowest BCUT2D eigenvalue weighted by Gasteiger charge is -2.34. The number of hydrogen-bond donors (Lipinski definition) is 1. The normalized spacial score (nSPS) is 19.6. The molecule has 0 aliphatic carbocycles. The summed E-state index contributed by atoms with van der Waals surface area (Å²) in [4.78, 5) is 29.8. The number of carbonyl (C=O) groups is 2. The minimum Gasteiger partial charge on any atom is -0.383 e. The number of nitrogens with zero attached hydrogens (tertiary/aromatic N) is 4. The summed E-state index contributed by atoms with van der Waals surface area (Å²) in [6.45, 7) is 5.17. The van der Waals surface area contributed by atoms with Gasteiger partial charge in [-0.2, -0.15) is 5.10 Å². The van der Waals surface area contributed by atoms with Gasteiger partial charge in [0, 0.05) is 26.2 Å². The monoisotopic (exact) mass is 395 g/mol. The van der Waals surface area contributed by atoms with E-state index >= 15 is 0 Å². The molecule has 29 heavy (non-hydrogen) atoms. The van der Waals surface area contributed by atoms with Gasteiger partial charge in [0.1, 0.15) is 11.4 Å². The predicted molar refractivity (Wildman–Crippen MR) is 111 cm³/mol. The summed E-state index contributed by atoms with van der Waals surface area (Å²) in [6.07, 6.45) is 3.85. The molecule has 3 heterocycles. The Morgan fingerprint density at radius 3 is 2.48 bits per heavy atom. The second-order valence-electron chi connectivity index (χ2n) is 8.11. The van der Waals surface area contributed by atoms with Crippen LogP contribution in [0.1, 0.15) is 47.3 Å². The van der Waals surface area contributed by atoms with Crippen LogP contribution >= 0.6 is 0 Å². The maximum absolute atomic E-state index is 13.3. The third-order valence-electron chi connectivity index (χ3n) is 6.03. The summed E-state index contributed by atoms with van der Waals surface area (Å²) < 4.78 is 1.69. The zero-order valence-corrected chi connectivity index (χ0v) is 17.0. The molecule has 2 fully saturated rings. The molecule has 2 aromatic rings. The van der Waals surface area contributed by atoms with E-state index in [1.54, 1.807) is 9.58 Å². The van der Waals surface area contributed by atoms with Gasteiger partial charge in [0.25, 0.3) is 5.91 Å². The number of aryl methyl sites for hydroxylation is 1. The van der Waals surface area contributed by atoms with Gasteiger partial charge in [-0.1, -0.05) is 30.3 Å². The van der Waals surface area contributed by atoms with Crippen LogP contribution in [-0.2, 0) is 11.3 Å². The second-order valence-corrected chi connectivity index (χ2v) is 8.11. The van der Waals surface area contributed by atoms with E-state index in [1.807, 2.05) is 42.2 Å². The number of nitrogens with two attached hydrogens (primary N) is 1. The topological polar surface area (TPSA) is 84.5 Å². The maximum Gasteiger partial charge on any atom is 0.259 e. The standard InChI is InChI=1S/C22H29N5O2/c1-16-19(20(23)27(24-16)14-17-8-3-2-4-9-17)22(29)26-13-7-10-18(15-26)21(28)25-11-5-6-12-25/h2-4,8-9,18H,5-7,10-15,23H2,1H3. The van der Waals surface area contributed by atoms with E-state index in [-0.39, 0.29) is 17.7 Å². The summed E-state index contributed by atoms with van der Waals surface area (Å²) in [5.74, 6) is 0.374. The minimum atomic E-state index is -0.113. The molecule has 1 unspecified atom stereocenters. The average molecular weight is 396 g/mol. The van der Waals surface area contributed by atoms with E-state index in [9.17, 15) is 9.59 Å². The SMILES string of the molecule is Cc1nn(Cc2ccccc2)c(N)c1C(=O)N1CCCC(C(=O)N2CCCC2)C1. The number of hydrogen-bond acceptors (Lipinski definition) is 4. The number of rotatable bonds is 4. The highest BCUT2D eigenvalue weighted by molar-refractivity contribution is 6.00. The van der Waals surface area contributed by atoms with Crippen molar-refractivity contribution in [1.29, 1.82) is 0 Å². The highest BCUT2D eigenvalue weighted by Gasteiger charge is 2.34. The van der Waals surface area contributed by atoms with Crippen molar-refractivity contribution in [2.45, 2.75) is 39.2 Å². The highest BCUT2D eigenvalue weighted by Crippen LogP contribution is 2.25. The Hall–Kier alpha value is -2.83. The fourth-order valence-corrected chi connectivity index (χ4v) is 4.46. The molecule has 0 bridgehead atoms. The Labute approximate surface area is 171 Å². The Kier molecular flexibility index (Phi) is 5.56. The molecule has 1 aromatic heterocycles. The van der Waals surface area contributed by atoms with Gasteiger partial charge in [0.15, 0.2) is 0 Å². The number of carbonyl (C=O) groups excluding carboxylic acids is 2. The van der Waals surface area contributed by atoms with Crippen LogP contribution in [0.4, 0.5) is 5.82 Å². The second kappa shape index (κ2) is 8.27. The van der Waals surface area contributed by atoms with E-state index < -0.39 is 0 Å². The lowest BCUT2D eigenvalue weighted by molar-refractivity contribution is -0.135.